The molecule has 0 unspecified atom stereocenters. The summed E-state index contributed by atoms with van der Waals surface area (Å²) in [7, 11) is 0. The number of hydrogen-bond acceptors (Lipinski definition) is 1. The molecule has 0 aromatic heterocycles. The summed E-state index contributed by atoms with van der Waals surface area (Å²) in [4.78, 5) is 11.6. The van der Waals surface area contributed by atoms with Crippen LogP contribution in [0.2, 0.25) is 0 Å². The van der Waals surface area contributed by atoms with Crippen LogP contribution >= 0.6 is 0 Å². The number of carbonyl (C=O) groups excluding carboxylic acids is 1. The molecular formula is C20H36O. The predicted molar refractivity (Wildman–Crippen MR) is 94.7 cm³/mol. The zero-order valence-electron chi connectivity index (χ0n) is 14.6. The summed E-state index contributed by atoms with van der Waals surface area (Å²) in [6.07, 6.45) is 21.4. The van der Waals surface area contributed by atoms with Crippen LogP contribution in [0, 0.1) is 0 Å². The van der Waals surface area contributed by atoms with Gasteiger partial charge in [0.2, 0.25) is 0 Å². The monoisotopic (exact) mass is 292 g/mol. The first-order valence-corrected chi connectivity index (χ1v) is 9.03. The molecule has 1 heteroatoms. The van der Waals surface area contributed by atoms with Crippen LogP contribution in [0.5, 0.6) is 0 Å². The van der Waals surface area contributed by atoms with Gasteiger partial charge in [-0.3, -0.25) is 4.79 Å². The average Bonchev–Trinajstić information content (AvgIpc) is 2.50. The molecule has 0 aliphatic carbocycles. The largest absolute Gasteiger partial charge is 0.295 e. The van der Waals surface area contributed by atoms with Crippen LogP contribution in [0.3, 0.4) is 0 Å². The summed E-state index contributed by atoms with van der Waals surface area (Å²) in [6.45, 7) is 6.10. The second-order valence-corrected chi connectivity index (χ2v) is 6.02. The second-order valence-electron chi connectivity index (χ2n) is 6.02. The van der Waals surface area contributed by atoms with Gasteiger partial charge in [0.05, 0.1) is 0 Å². The average molecular weight is 293 g/mol. The highest BCUT2D eigenvalue weighted by atomic mass is 16.1. The Bertz CT molecular complexity index is 299. The molecule has 0 bridgehead atoms. The number of hydrogen-bond donors (Lipinski definition) is 0. The number of rotatable bonds is 14. The van der Waals surface area contributed by atoms with Crippen molar-refractivity contribution < 1.29 is 4.79 Å². The standard InChI is InChI=1S/C20H36O/c1-4-6-7-8-9-10-11-12-13-14-15-16-17-18-20(21)19(3)5-2/h5,9-10H,4,6-8,11-18H2,1-3H3. The molecule has 1 nitrogen and oxygen atoms in total. The molecule has 0 aliphatic rings. The van der Waals surface area contributed by atoms with E-state index in [9.17, 15) is 4.79 Å². The molecule has 0 saturated carbocycles. The van der Waals surface area contributed by atoms with Gasteiger partial charge in [-0.1, -0.05) is 63.7 Å². The topological polar surface area (TPSA) is 17.1 Å². The maximum absolute atomic E-state index is 11.6. The van der Waals surface area contributed by atoms with Gasteiger partial charge in [-0.2, -0.15) is 0 Å². The van der Waals surface area contributed by atoms with Gasteiger partial charge in [-0.15, -0.1) is 0 Å². The Morgan fingerprint density at radius 1 is 0.810 bits per heavy atom. The van der Waals surface area contributed by atoms with Crippen molar-refractivity contribution in [1.82, 2.24) is 0 Å². The Balaban J connectivity index is 3.24. The van der Waals surface area contributed by atoms with E-state index in [0.29, 0.717) is 5.78 Å². The van der Waals surface area contributed by atoms with Gasteiger partial charge in [0.15, 0.2) is 5.78 Å². The van der Waals surface area contributed by atoms with Crippen molar-refractivity contribution in [2.24, 2.45) is 0 Å². The normalized spacial score (nSPS) is 12.2. The van der Waals surface area contributed by atoms with Gasteiger partial charge >= 0.3 is 0 Å². The number of allylic oxidation sites excluding steroid dienone is 4. The van der Waals surface area contributed by atoms with Crippen LogP contribution in [0.4, 0.5) is 0 Å². The van der Waals surface area contributed by atoms with Crippen molar-refractivity contribution in [1.29, 1.82) is 0 Å². The molecule has 0 amide bonds. The zero-order valence-corrected chi connectivity index (χ0v) is 14.6. The molecule has 0 rings (SSSR count). The van der Waals surface area contributed by atoms with Gasteiger partial charge in [-0.05, 0) is 51.5 Å². The minimum Gasteiger partial charge on any atom is -0.295 e. The SMILES string of the molecule is CC=C(C)C(=O)CCCCCCCCC=CCCCCC. The summed E-state index contributed by atoms with van der Waals surface area (Å²) in [5.41, 5.74) is 0.917. The van der Waals surface area contributed by atoms with E-state index in [1.54, 1.807) is 0 Å². The quantitative estimate of drug-likeness (QED) is 0.196. The maximum Gasteiger partial charge on any atom is 0.158 e. The summed E-state index contributed by atoms with van der Waals surface area (Å²) >= 11 is 0. The second kappa shape index (κ2) is 15.5. The molecule has 0 saturated heterocycles. The molecule has 0 heterocycles. The molecule has 0 aromatic rings. The van der Waals surface area contributed by atoms with E-state index in [0.717, 1.165) is 18.4 Å². The lowest BCUT2D eigenvalue weighted by atomic mass is 10.0. The summed E-state index contributed by atoms with van der Waals surface area (Å²) in [5, 5.41) is 0. The first-order valence-electron chi connectivity index (χ1n) is 9.03. The van der Waals surface area contributed by atoms with E-state index in [2.05, 4.69) is 19.1 Å². The molecular weight excluding hydrogens is 256 g/mol. The van der Waals surface area contributed by atoms with Gasteiger partial charge in [-0.25, -0.2) is 0 Å². The van der Waals surface area contributed by atoms with E-state index in [4.69, 9.17) is 0 Å². The lowest BCUT2D eigenvalue weighted by Crippen LogP contribution is -1.98. The van der Waals surface area contributed by atoms with Crippen molar-refractivity contribution in [3.05, 3.63) is 23.8 Å². The maximum atomic E-state index is 11.6. The van der Waals surface area contributed by atoms with Gasteiger partial charge in [0.1, 0.15) is 0 Å². The number of carbonyl (C=O) groups is 1. The third kappa shape index (κ3) is 13.9. The van der Waals surface area contributed by atoms with Crippen LogP contribution in [0.1, 0.15) is 97.8 Å². The van der Waals surface area contributed by atoms with Crippen LogP contribution in [0.25, 0.3) is 0 Å². The number of Topliss-reactive ketones (excluding diaryl/α,β-unsaturated/α-hetero) is 1. The molecule has 0 atom stereocenters. The van der Waals surface area contributed by atoms with Gasteiger partial charge in [0, 0.05) is 6.42 Å². The Labute approximate surface area is 132 Å². The van der Waals surface area contributed by atoms with E-state index >= 15 is 0 Å². The van der Waals surface area contributed by atoms with Crippen molar-refractivity contribution in [2.45, 2.75) is 97.8 Å². The van der Waals surface area contributed by atoms with E-state index < -0.39 is 0 Å². The van der Waals surface area contributed by atoms with Crippen molar-refractivity contribution in [2.75, 3.05) is 0 Å². The summed E-state index contributed by atoms with van der Waals surface area (Å²) < 4.78 is 0. The number of unbranched alkanes of at least 4 members (excludes halogenated alkanes) is 9. The van der Waals surface area contributed by atoms with Crippen LogP contribution in [-0.2, 0) is 4.79 Å². The lowest BCUT2D eigenvalue weighted by Gasteiger charge is -2.01. The van der Waals surface area contributed by atoms with E-state index in [1.807, 2.05) is 19.9 Å². The zero-order chi connectivity index (χ0) is 15.8. The molecule has 21 heavy (non-hydrogen) atoms. The Kier molecular flexibility index (Phi) is 14.9. The first kappa shape index (κ1) is 20.1. The molecule has 0 N–H and O–H groups in total. The minimum atomic E-state index is 0.325. The van der Waals surface area contributed by atoms with Crippen LogP contribution < -0.4 is 0 Å². The smallest absolute Gasteiger partial charge is 0.158 e. The van der Waals surface area contributed by atoms with E-state index in [-0.39, 0.29) is 0 Å². The fourth-order valence-corrected chi connectivity index (χ4v) is 2.36. The molecule has 0 aromatic carbocycles. The molecule has 0 aliphatic heterocycles. The Morgan fingerprint density at radius 3 is 1.90 bits per heavy atom. The molecule has 0 spiro atoms. The third-order valence-electron chi connectivity index (χ3n) is 4.04. The predicted octanol–water partition coefficient (Wildman–Crippen LogP) is 6.78. The number of ketones is 1. The minimum absolute atomic E-state index is 0.325. The fraction of sp³-hybridized carbons (Fsp3) is 0.750. The Hall–Kier alpha value is -0.850. The molecule has 122 valence electrons. The third-order valence-corrected chi connectivity index (χ3v) is 4.04. The van der Waals surface area contributed by atoms with Gasteiger partial charge in [0.25, 0.3) is 0 Å². The molecule has 0 fully saturated rings. The van der Waals surface area contributed by atoms with Gasteiger partial charge < -0.3 is 0 Å². The highest BCUT2D eigenvalue weighted by Crippen LogP contribution is 2.11. The van der Waals surface area contributed by atoms with Crippen LogP contribution in [-0.4, -0.2) is 5.78 Å². The summed E-state index contributed by atoms with van der Waals surface area (Å²) in [5.74, 6) is 0.325. The van der Waals surface area contributed by atoms with Crippen molar-refractivity contribution >= 4 is 5.78 Å². The fourth-order valence-electron chi connectivity index (χ4n) is 2.36. The first-order chi connectivity index (χ1) is 10.2. The molecule has 0 radical (unpaired) electrons. The van der Waals surface area contributed by atoms with Crippen LogP contribution in [0.15, 0.2) is 23.8 Å². The van der Waals surface area contributed by atoms with Crippen molar-refractivity contribution in [3.63, 3.8) is 0 Å². The highest BCUT2D eigenvalue weighted by Gasteiger charge is 2.02. The highest BCUT2D eigenvalue weighted by molar-refractivity contribution is 5.94. The van der Waals surface area contributed by atoms with E-state index in [1.165, 1.54) is 64.2 Å². The van der Waals surface area contributed by atoms with Crippen molar-refractivity contribution in [3.8, 4) is 0 Å². The summed E-state index contributed by atoms with van der Waals surface area (Å²) in [6, 6.07) is 0. The lowest BCUT2D eigenvalue weighted by molar-refractivity contribution is -0.115. The Morgan fingerprint density at radius 2 is 1.33 bits per heavy atom.